The number of alkyl halides is 1. The molecule has 0 atom stereocenters. The highest BCUT2D eigenvalue weighted by Gasteiger charge is 2.21. The second-order valence-corrected chi connectivity index (χ2v) is 5.43. The van der Waals surface area contributed by atoms with Crippen molar-refractivity contribution < 1.29 is 4.79 Å². The molecular weight excluding hydrogens is 246 g/mol. The summed E-state index contributed by atoms with van der Waals surface area (Å²) in [5, 5.41) is 0. The van der Waals surface area contributed by atoms with Gasteiger partial charge in [0.1, 0.15) is 0 Å². The standard InChI is InChI=1S/C15H22ClNO/c1-10(2)17(7-6-16)15(18)14-12(4)8-11(3)9-13(14)5/h8-10H,6-7H2,1-5H3. The number of nitrogens with zero attached hydrogens (tertiary/aromatic N) is 1. The van der Waals surface area contributed by atoms with Crippen molar-refractivity contribution >= 4 is 17.5 Å². The summed E-state index contributed by atoms with van der Waals surface area (Å²) < 4.78 is 0. The average molecular weight is 268 g/mol. The third-order valence-corrected chi connectivity index (χ3v) is 3.27. The van der Waals surface area contributed by atoms with Crippen LogP contribution in [0.2, 0.25) is 0 Å². The van der Waals surface area contributed by atoms with Gasteiger partial charge in [-0.3, -0.25) is 4.79 Å². The maximum atomic E-state index is 12.6. The van der Waals surface area contributed by atoms with Crippen LogP contribution in [0.1, 0.15) is 40.9 Å². The van der Waals surface area contributed by atoms with Crippen LogP contribution in [-0.4, -0.2) is 29.3 Å². The Morgan fingerprint density at radius 2 is 1.72 bits per heavy atom. The van der Waals surface area contributed by atoms with Gasteiger partial charge in [-0.05, 0) is 45.7 Å². The van der Waals surface area contributed by atoms with E-state index in [-0.39, 0.29) is 11.9 Å². The van der Waals surface area contributed by atoms with Crippen LogP contribution in [-0.2, 0) is 0 Å². The Labute approximate surface area is 115 Å². The molecule has 0 radical (unpaired) electrons. The zero-order chi connectivity index (χ0) is 13.9. The van der Waals surface area contributed by atoms with Crippen LogP contribution in [0, 0.1) is 20.8 Å². The highest BCUT2D eigenvalue weighted by atomic mass is 35.5. The second-order valence-electron chi connectivity index (χ2n) is 5.05. The molecule has 0 fully saturated rings. The van der Waals surface area contributed by atoms with E-state index >= 15 is 0 Å². The lowest BCUT2D eigenvalue weighted by atomic mass is 9.98. The Hall–Kier alpha value is -1.02. The number of aryl methyl sites for hydroxylation is 3. The van der Waals surface area contributed by atoms with E-state index in [0.29, 0.717) is 12.4 Å². The van der Waals surface area contributed by atoms with E-state index in [1.807, 2.05) is 39.5 Å². The van der Waals surface area contributed by atoms with E-state index in [0.717, 1.165) is 16.7 Å². The lowest BCUT2D eigenvalue weighted by Crippen LogP contribution is -2.39. The highest BCUT2D eigenvalue weighted by molar-refractivity contribution is 6.18. The number of hydrogen-bond acceptors (Lipinski definition) is 1. The summed E-state index contributed by atoms with van der Waals surface area (Å²) in [6.45, 7) is 10.7. The molecule has 0 aliphatic carbocycles. The number of carbonyl (C=O) groups is 1. The number of carbonyl (C=O) groups excluding carboxylic acids is 1. The summed E-state index contributed by atoms with van der Waals surface area (Å²) in [7, 11) is 0. The van der Waals surface area contributed by atoms with Crippen molar-refractivity contribution in [2.24, 2.45) is 0 Å². The minimum Gasteiger partial charge on any atom is -0.335 e. The minimum atomic E-state index is 0.0839. The fourth-order valence-corrected chi connectivity index (χ4v) is 2.53. The van der Waals surface area contributed by atoms with Gasteiger partial charge in [0, 0.05) is 24.0 Å². The maximum Gasteiger partial charge on any atom is 0.254 e. The molecule has 0 unspecified atom stereocenters. The van der Waals surface area contributed by atoms with E-state index in [1.54, 1.807) is 0 Å². The first kappa shape index (κ1) is 15.0. The third-order valence-electron chi connectivity index (χ3n) is 3.10. The average Bonchev–Trinajstić information content (AvgIpc) is 2.23. The molecular formula is C15H22ClNO. The lowest BCUT2D eigenvalue weighted by Gasteiger charge is -2.27. The molecule has 1 aromatic rings. The number of halogens is 1. The zero-order valence-corrected chi connectivity index (χ0v) is 12.6. The first-order valence-corrected chi connectivity index (χ1v) is 6.86. The molecule has 3 heteroatoms. The maximum absolute atomic E-state index is 12.6. The van der Waals surface area contributed by atoms with Crippen LogP contribution in [0.4, 0.5) is 0 Å². The van der Waals surface area contributed by atoms with Crippen LogP contribution in [0.25, 0.3) is 0 Å². The molecule has 0 aromatic heterocycles. The summed E-state index contributed by atoms with van der Waals surface area (Å²) in [6.07, 6.45) is 0. The number of benzene rings is 1. The molecule has 0 spiro atoms. The fourth-order valence-electron chi connectivity index (χ4n) is 2.35. The quantitative estimate of drug-likeness (QED) is 0.762. The molecule has 1 aromatic carbocycles. The summed E-state index contributed by atoms with van der Waals surface area (Å²) in [5.74, 6) is 0.550. The Morgan fingerprint density at radius 3 is 2.11 bits per heavy atom. The van der Waals surface area contributed by atoms with Crippen molar-refractivity contribution in [2.45, 2.75) is 40.7 Å². The van der Waals surface area contributed by atoms with Crippen molar-refractivity contribution in [2.75, 3.05) is 12.4 Å². The predicted molar refractivity (Wildman–Crippen MR) is 77.5 cm³/mol. The molecule has 18 heavy (non-hydrogen) atoms. The molecule has 0 saturated heterocycles. The normalized spacial score (nSPS) is 10.8. The van der Waals surface area contributed by atoms with Crippen molar-refractivity contribution in [1.82, 2.24) is 4.90 Å². The van der Waals surface area contributed by atoms with Crippen LogP contribution >= 0.6 is 11.6 Å². The lowest BCUT2D eigenvalue weighted by molar-refractivity contribution is 0.0717. The third kappa shape index (κ3) is 3.26. The van der Waals surface area contributed by atoms with Gasteiger partial charge in [-0.25, -0.2) is 0 Å². The molecule has 0 aliphatic heterocycles. The van der Waals surface area contributed by atoms with Crippen LogP contribution in [0.5, 0.6) is 0 Å². The highest BCUT2D eigenvalue weighted by Crippen LogP contribution is 2.19. The Kier molecular flexibility index (Phi) is 5.21. The van der Waals surface area contributed by atoms with Gasteiger partial charge in [-0.15, -0.1) is 11.6 Å². The van der Waals surface area contributed by atoms with Gasteiger partial charge < -0.3 is 4.90 Å². The largest absolute Gasteiger partial charge is 0.335 e. The summed E-state index contributed by atoms with van der Waals surface area (Å²) in [4.78, 5) is 14.4. The summed E-state index contributed by atoms with van der Waals surface area (Å²) in [6, 6.07) is 4.27. The molecule has 0 heterocycles. The van der Waals surface area contributed by atoms with Gasteiger partial charge in [-0.1, -0.05) is 17.7 Å². The van der Waals surface area contributed by atoms with Crippen molar-refractivity contribution in [1.29, 1.82) is 0 Å². The molecule has 0 bridgehead atoms. The van der Waals surface area contributed by atoms with Gasteiger partial charge >= 0.3 is 0 Å². The molecule has 100 valence electrons. The Balaban J connectivity index is 3.16. The molecule has 0 aliphatic rings. The van der Waals surface area contributed by atoms with Gasteiger partial charge in [0.05, 0.1) is 0 Å². The first-order valence-electron chi connectivity index (χ1n) is 6.33. The van der Waals surface area contributed by atoms with Crippen molar-refractivity contribution in [3.8, 4) is 0 Å². The Morgan fingerprint density at radius 1 is 1.22 bits per heavy atom. The number of rotatable bonds is 4. The minimum absolute atomic E-state index is 0.0839. The molecule has 2 nitrogen and oxygen atoms in total. The predicted octanol–water partition coefficient (Wildman–Crippen LogP) is 3.70. The zero-order valence-electron chi connectivity index (χ0n) is 11.9. The summed E-state index contributed by atoms with van der Waals surface area (Å²) >= 11 is 5.78. The van der Waals surface area contributed by atoms with Gasteiger partial charge in [-0.2, -0.15) is 0 Å². The number of amides is 1. The van der Waals surface area contributed by atoms with E-state index in [1.165, 1.54) is 5.56 Å². The van der Waals surface area contributed by atoms with Crippen molar-refractivity contribution in [3.05, 3.63) is 34.4 Å². The second kappa shape index (κ2) is 6.24. The summed E-state index contributed by atoms with van der Waals surface area (Å²) in [5.41, 5.74) is 4.09. The smallest absolute Gasteiger partial charge is 0.254 e. The van der Waals surface area contributed by atoms with E-state index < -0.39 is 0 Å². The molecule has 1 rings (SSSR count). The van der Waals surface area contributed by atoms with E-state index in [2.05, 4.69) is 12.1 Å². The fraction of sp³-hybridized carbons (Fsp3) is 0.533. The number of hydrogen-bond donors (Lipinski definition) is 0. The topological polar surface area (TPSA) is 20.3 Å². The van der Waals surface area contributed by atoms with Gasteiger partial charge in [0.15, 0.2) is 0 Å². The van der Waals surface area contributed by atoms with E-state index in [4.69, 9.17) is 11.6 Å². The molecule has 1 amide bonds. The van der Waals surface area contributed by atoms with E-state index in [9.17, 15) is 4.79 Å². The van der Waals surface area contributed by atoms with Crippen molar-refractivity contribution in [3.63, 3.8) is 0 Å². The van der Waals surface area contributed by atoms with Gasteiger partial charge in [0.2, 0.25) is 0 Å². The first-order chi connectivity index (χ1) is 8.38. The van der Waals surface area contributed by atoms with Crippen LogP contribution < -0.4 is 0 Å². The SMILES string of the molecule is Cc1cc(C)c(C(=O)N(CCCl)C(C)C)c(C)c1. The van der Waals surface area contributed by atoms with Crippen LogP contribution in [0.15, 0.2) is 12.1 Å². The molecule has 0 saturated carbocycles. The van der Waals surface area contributed by atoms with Crippen LogP contribution in [0.3, 0.4) is 0 Å². The monoisotopic (exact) mass is 267 g/mol. The Bertz CT molecular complexity index is 417. The molecule has 0 N–H and O–H groups in total. The van der Waals surface area contributed by atoms with Gasteiger partial charge in [0.25, 0.3) is 5.91 Å².